The van der Waals surface area contributed by atoms with Crippen LogP contribution in [0.15, 0.2) is 0 Å². The highest BCUT2D eigenvalue weighted by Crippen LogP contribution is 2.33. The summed E-state index contributed by atoms with van der Waals surface area (Å²) < 4.78 is 5.25. The van der Waals surface area contributed by atoms with Crippen molar-refractivity contribution < 1.29 is 9.84 Å². The Bertz CT molecular complexity index is 206. The van der Waals surface area contributed by atoms with E-state index in [1.807, 2.05) is 0 Å². The lowest BCUT2D eigenvalue weighted by Gasteiger charge is -2.28. The van der Waals surface area contributed by atoms with Gasteiger partial charge in [-0.15, -0.1) is 0 Å². The molecule has 0 aromatic carbocycles. The van der Waals surface area contributed by atoms with Gasteiger partial charge in [-0.3, -0.25) is 0 Å². The number of aliphatic hydroxyl groups is 1. The van der Waals surface area contributed by atoms with E-state index in [9.17, 15) is 5.11 Å². The molecule has 0 aromatic heterocycles. The molecule has 0 bridgehead atoms. The van der Waals surface area contributed by atoms with Crippen LogP contribution in [0.2, 0.25) is 0 Å². The molecular formula is C13H25NO2. The van der Waals surface area contributed by atoms with Crippen LogP contribution in [0, 0.1) is 11.8 Å². The van der Waals surface area contributed by atoms with Crippen molar-refractivity contribution in [1.82, 2.24) is 5.32 Å². The second kappa shape index (κ2) is 5.99. The van der Waals surface area contributed by atoms with Crippen LogP contribution in [0.4, 0.5) is 0 Å². The number of nitrogens with one attached hydrogen (secondary N) is 1. The van der Waals surface area contributed by atoms with Crippen molar-refractivity contribution in [2.45, 2.75) is 50.7 Å². The molecule has 0 heterocycles. The van der Waals surface area contributed by atoms with Gasteiger partial charge in [-0.25, -0.2) is 0 Å². The van der Waals surface area contributed by atoms with Gasteiger partial charge in [0.05, 0.1) is 12.7 Å². The Morgan fingerprint density at radius 2 is 2.12 bits per heavy atom. The van der Waals surface area contributed by atoms with E-state index in [0.717, 1.165) is 31.9 Å². The molecule has 2 aliphatic rings. The Hall–Kier alpha value is -0.120. The van der Waals surface area contributed by atoms with Gasteiger partial charge in [-0.1, -0.05) is 6.42 Å². The molecule has 0 radical (unpaired) electrons. The van der Waals surface area contributed by atoms with Crippen LogP contribution in [-0.4, -0.2) is 37.5 Å². The van der Waals surface area contributed by atoms with E-state index in [-0.39, 0.29) is 6.10 Å². The monoisotopic (exact) mass is 227 g/mol. The number of hydrogen-bond acceptors (Lipinski definition) is 3. The SMILES string of the molecule is COCC(NCC1CCCC(O)C1)C1CC1. The Morgan fingerprint density at radius 1 is 1.31 bits per heavy atom. The summed E-state index contributed by atoms with van der Waals surface area (Å²) >= 11 is 0. The molecule has 16 heavy (non-hydrogen) atoms. The van der Waals surface area contributed by atoms with Crippen LogP contribution in [0.1, 0.15) is 38.5 Å². The van der Waals surface area contributed by atoms with Gasteiger partial charge < -0.3 is 15.2 Å². The molecule has 0 saturated heterocycles. The van der Waals surface area contributed by atoms with Crippen LogP contribution in [-0.2, 0) is 4.74 Å². The first-order chi connectivity index (χ1) is 7.79. The van der Waals surface area contributed by atoms with Crippen LogP contribution in [0.5, 0.6) is 0 Å². The van der Waals surface area contributed by atoms with Gasteiger partial charge in [0, 0.05) is 13.2 Å². The lowest BCUT2D eigenvalue weighted by Crippen LogP contribution is -2.39. The van der Waals surface area contributed by atoms with Crippen LogP contribution >= 0.6 is 0 Å². The Balaban J connectivity index is 1.67. The number of hydrogen-bond donors (Lipinski definition) is 2. The third kappa shape index (κ3) is 3.72. The van der Waals surface area contributed by atoms with Crippen molar-refractivity contribution in [2.75, 3.05) is 20.3 Å². The zero-order chi connectivity index (χ0) is 11.4. The summed E-state index contributed by atoms with van der Waals surface area (Å²) in [6.45, 7) is 1.89. The largest absolute Gasteiger partial charge is 0.393 e. The minimum absolute atomic E-state index is 0.0534. The molecule has 0 aromatic rings. The lowest BCUT2D eigenvalue weighted by atomic mass is 9.87. The first-order valence-corrected chi connectivity index (χ1v) is 6.70. The second-order valence-corrected chi connectivity index (χ2v) is 5.49. The predicted octanol–water partition coefficient (Wildman–Crippen LogP) is 1.55. The van der Waals surface area contributed by atoms with E-state index in [1.165, 1.54) is 25.7 Å². The Labute approximate surface area is 98.6 Å². The van der Waals surface area contributed by atoms with Gasteiger partial charge >= 0.3 is 0 Å². The maximum Gasteiger partial charge on any atom is 0.0618 e. The van der Waals surface area contributed by atoms with E-state index >= 15 is 0 Å². The summed E-state index contributed by atoms with van der Waals surface area (Å²) in [6, 6.07) is 0.545. The summed E-state index contributed by atoms with van der Waals surface area (Å²) in [5.74, 6) is 1.51. The zero-order valence-electron chi connectivity index (χ0n) is 10.3. The summed E-state index contributed by atoms with van der Waals surface area (Å²) in [6.07, 6.45) is 7.10. The molecule has 3 heteroatoms. The van der Waals surface area contributed by atoms with E-state index in [2.05, 4.69) is 5.32 Å². The topological polar surface area (TPSA) is 41.5 Å². The molecule has 94 valence electrons. The molecule has 3 nitrogen and oxygen atoms in total. The molecule has 0 aliphatic heterocycles. The number of ether oxygens (including phenoxy) is 1. The molecule has 0 amide bonds. The molecule has 2 fully saturated rings. The van der Waals surface area contributed by atoms with Gasteiger partial charge in [0.1, 0.15) is 0 Å². The van der Waals surface area contributed by atoms with Gasteiger partial charge in [-0.2, -0.15) is 0 Å². The summed E-state index contributed by atoms with van der Waals surface area (Å²) in [7, 11) is 1.78. The second-order valence-electron chi connectivity index (χ2n) is 5.49. The molecule has 2 rings (SSSR count). The molecule has 3 atom stereocenters. The maximum atomic E-state index is 9.62. The van der Waals surface area contributed by atoms with Crippen molar-refractivity contribution in [1.29, 1.82) is 0 Å². The van der Waals surface area contributed by atoms with E-state index in [4.69, 9.17) is 4.74 Å². The summed E-state index contributed by atoms with van der Waals surface area (Å²) in [4.78, 5) is 0. The fourth-order valence-corrected chi connectivity index (χ4v) is 2.81. The van der Waals surface area contributed by atoms with Crippen molar-refractivity contribution in [3.8, 4) is 0 Å². The quantitative estimate of drug-likeness (QED) is 0.723. The Kier molecular flexibility index (Phi) is 4.62. The predicted molar refractivity (Wildman–Crippen MR) is 64.4 cm³/mol. The van der Waals surface area contributed by atoms with E-state index in [0.29, 0.717) is 12.0 Å². The van der Waals surface area contributed by atoms with Gasteiger partial charge in [0.25, 0.3) is 0 Å². The molecular weight excluding hydrogens is 202 g/mol. The van der Waals surface area contributed by atoms with Gasteiger partial charge in [0.15, 0.2) is 0 Å². The molecule has 2 N–H and O–H groups in total. The van der Waals surface area contributed by atoms with Gasteiger partial charge in [0.2, 0.25) is 0 Å². The molecule has 2 aliphatic carbocycles. The fourth-order valence-electron chi connectivity index (χ4n) is 2.81. The highest BCUT2D eigenvalue weighted by molar-refractivity contribution is 4.87. The van der Waals surface area contributed by atoms with Crippen molar-refractivity contribution in [2.24, 2.45) is 11.8 Å². The number of rotatable bonds is 6. The third-order valence-corrected chi connectivity index (χ3v) is 3.96. The van der Waals surface area contributed by atoms with Crippen molar-refractivity contribution in [3.05, 3.63) is 0 Å². The standard InChI is InChI=1S/C13H25NO2/c1-16-9-13(11-5-6-11)14-8-10-3-2-4-12(15)7-10/h10-15H,2-9H2,1H3. The molecule has 3 unspecified atom stereocenters. The van der Waals surface area contributed by atoms with Crippen LogP contribution < -0.4 is 5.32 Å². The first kappa shape index (κ1) is 12.3. The van der Waals surface area contributed by atoms with Crippen molar-refractivity contribution in [3.63, 3.8) is 0 Å². The lowest BCUT2D eigenvalue weighted by molar-refractivity contribution is 0.0955. The molecule has 0 spiro atoms. The van der Waals surface area contributed by atoms with Crippen LogP contribution in [0.25, 0.3) is 0 Å². The van der Waals surface area contributed by atoms with E-state index in [1.54, 1.807) is 7.11 Å². The zero-order valence-corrected chi connectivity index (χ0v) is 10.3. The minimum Gasteiger partial charge on any atom is -0.393 e. The van der Waals surface area contributed by atoms with E-state index < -0.39 is 0 Å². The fraction of sp³-hybridized carbons (Fsp3) is 1.00. The summed E-state index contributed by atoms with van der Waals surface area (Å²) in [5.41, 5.74) is 0. The maximum absolute atomic E-state index is 9.62. The first-order valence-electron chi connectivity index (χ1n) is 6.70. The highest BCUT2D eigenvalue weighted by atomic mass is 16.5. The number of aliphatic hydroxyl groups excluding tert-OH is 1. The molecule has 2 saturated carbocycles. The smallest absolute Gasteiger partial charge is 0.0618 e. The Morgan fingerprint density at radius 3 is 2.75 bits per heavy atom. The van der Waals surface area contributed by atoms with Crippen molar-refractivity contribution >= 4 is 0 Å². The average Bonchev–Trinajstić information content (AvgIpc) is 3.08. The third-order valence-electron chi connectivity index (χ3n) is 3.96. The normalized spacial score (nSPS) is 32.6. The van der Waals surface area contributed by atoms with Gasteiger partial charge in [-0.05, 0) is 50.5 Å². The summed E-state index contributed by atoms with van der Waals surface area (Å²) in [5, 5.41) is 13.3. The average molecular weight is 227 g/mol. The minimum atomic E-state index is -0.0534. The highest BCUT2D eigenvalue weighted by Gasteiger charge is 2.31. The number of methoxy groups -OCH3 is 1. The van der Waals surface area contributed by atoms with Crippen LogP contribution in [0.3, 0.4) is 0 Å².